The first-order chi connectivity index (χ1) is 8.66. The number of carbonyl (C=O) groups is 2. The second-order valence-corrected chi connectivity index (χ2v) is 3.85. The van der Waals surface area contributed by atoms with Crippen molar-refractivity contribution in [2.45, 2.75) is 6.42 Å². The molecule has 1 aromatic heterocycles. The molecule has 5 heteroatoms. The zero-order chi connectivity index (χ0) is 13.0. The van der Waals surface area contributed by atoms with Crippen LogP contribution in [0.1, 0.15) is 15.9 Å². The molecule has 18 heavy (non-hydrogen) atoms. The van der Waals surface area contributed by atoms with Crippen LogP contribution in [-0.4, -0.2) is 16.8 Å². The molecule has 0 saturated carbocycles. The van der Waals surface area contributed by atoms with Gasteiger partial charge >= 0.3 is 0 Å². The van der Waals surface area contributed by atoms with Gasteiger partial charge in [-0.25, -0.2) is 0 Å². The van der Waals surface area contributed by atoms with E-state index in [0.717, 1.165) is 5.56 Å². The molecule has 0 atom stereocenters. The van der Waals surface area contributed by atoms with Gasteiger partial charge in [-0.3, -0.25) is 9.59 Å². The second kappa shape index (κ2) is 5.18. The first kappa shape index (κ1) is 11.9. The van der Waals surface area contributed by atoms with Crippen LogP contribution >= 0.6 is 0 Å². The fourth-order valence-electron chi connectivity index (χ4n) is 1.66. The maximum absolute atomic E-state index is 11.8. The average Bonchev–Trinajstić information content (AvgIpc) is 2.82. The minimum Gasteiger partial charge on any atom is -0.367 e. The number of rotatable bonds is 4. The lowest BCUT2D eigenvalue weighted by atomic mass is 10.1. The van der Waals surface area contributed by atoms with E-state index in [2.05, 4.69) is 10.3 Å². The van der Waals surface area contributed by atoms with E-state index in [-0.39, 0.29) is 12.3 Å². The number of primary amides is 1. The van der Waals surface area contributed by atoms with Crippen LogP contribution in [-0.2, 0) is 11.2 Å². The van der Waals surface area contributed by atoms with E-state index in [1.165, 1.54) is 0 Å². The lowest BCUT2D eigenvalue weighted by Crippen LogP contribution is -2.19. The molecule has 2 rings (SSSR count). The lowest BCUT2D eigenvalue weighted by molar-refractivity contribution is -0.115. The maximum atomic E-state index is 11.8. The summed E-state index contributed by atoms with van der Waals surface area (Å²) in [5, 5.41) is 2.68. The molecule has 2 aromatic rings. The molecule has 0 fully saturated rings. The fourth-order valence-corrected chi connectivity index (χ4v) is 1.66. The second-order valence-electron chi connectivity index (χ2n) is 3.85. The van der Waals surface area contributed by atoms with Crippen molar-refractivity contribution in [1.82, 2.24) is 4.98 Å². The average molecular weight is 243 g/mol. The van der Waals surface area contributed by atoms with E-state index in [4.69, 9.17) is 5.73 Å². The van der Waals surface area contributed by atoms with Gasteiger partial charge in [0.05, 0.1) is 17.7 Å². The Morgan fingerprint density at radius 1 is 1.22 bits per heavy atom. The van der Waals surface area contributed by atoms with Gasteiger partial charge < -0.3 is 16.0 Å². The molecule has 0 spiro atoms. The zero-order valence-electron chi connectivity index (χ0n) is 9.64. The molecule has 1 heterocycles. The van der Waals surface area contributed by atoms with Crippen molar-refractivity contribution < 1.29 is 9.59 Å². The van der Waals surface area contributed by atoms with Crippen LogP contribution in [0.4, 0.5) is 5.69 Å². The lowest BCUT2D eigenvalue weighted by Gasteiger charge is -2.08. The molecule has 4 N–H and O–H groups in total. The number of hydrogen-bond acceptors (Lipinski definition) is 2. The number of anilines is 1. The summed E-state index contributed by atoms with van der Waals surface area (Å²) >= 11 is 0. The number of aromatic amines is 1. The number of para-hydroxylation sites is 1. The number of H-pyrrole nitrogens is 1. The third-order valence-electron chi connectivity index (χ3n) is 2.49. The van der Waals surface area contributed by atoms with Crippen molar-refractivity contribution in [3.63, 3.8) is 0 Å². The van der Waals surface area contributed by atoms with Gasteiger partial charge in [-0.05, 0) is 23.8 Å². The normalized spacial score (nSPS) is 10.0. The quantitative estimate of drug-likeness (QED) is 0.755. The molecule has 92 valence electrons. The van der Waals surface area contributed by atoms with Crippen molar-refractivity contribution >= 4 is 17.5 Å². The highest BCUT2D eigenvalue weighted by Gasteiger charge is 2.10. The summed E-state index contributed by atoms with van der Waals surface area (Å²) in [4.78, 5) is 25.8. The molecule has 0 aliphatic carbocycles. The third kappa shape index (κ3) is 2.76. The summed E-state index contributed by atoms with van der Waals surface area (Å²) in [5.41, 5.74) is 6.85. The van der Waals surface area contributed by atoms with Gasteiger partial charge in [-0.15, -0.1) is 0 Å². The SMILES string of the molecule is NC(=O)c1ccccc1NC(=O)Cc1cc[nH]c1. The Hall–Kier alpha value is -2.56. The van der Waals surface area contributed by atoms with Crippen LogP contribution in [0.3, 0.4) is 0 Å². The largest absolute Gasteiger partial charge is 0.367 e. The molecule has 0 unspecified atom stereocenters. The van der Waals surface area contributed by atoms with E-state index in [1.54, 1.807) is 36.7 Å². The van der Waals surface area contributed by atoms with Crippen molar-refractivity contribution in [2.75, 3.05) is 5.32 Å². The number of hydrogen-bond donors (Lipinski definition) is 3. The first-order valence-corrected chi connectivity index (χ1v) is 5.47. The van der Waals surface area contributed by atoms with E-state index in [1.807, 2.05) is 6.07 Å². The highest BCUT2D eigenvalue weighted by atomic mass is 16.2. The summed E-state index contributed by atoms with van der Waals surface area (Å²) in [7, 11) is 0. The number of aromatic nitrogens is 1. The van der Waals surface area contributed by atoms with E-state index in [0.29, 0.717) is 11.3 Å². The smallest absolute Gasteiger partial charge is 0.250 e. The molecule has 0 saturated heterocycles. The van der Waals surface area contributed by atoms with E-state index >= 15 is 0 Å². The number of carbonyl (C=O) groups excluding carboxylic acids is 2. The van der Waals surface area contributed by atoms with Gasteiger partial charge in [-0.1, -0.05) is 12.1 Å². The molecule has 2 amide bonds. The van der Waals surface area contributed by atoms with Gasteiger partial charge in [0.15, 0.2) is 0 Å². The Morgan fingerprint density at radius 3 is 2.67 bits per heavy atom. The fraction of sp³-hybridized carbons (Fsp3) is 0.0769. The van der Waals surface area contributed by atoms with E-state index < -0.39 is 5.91 Å². The van der Waals surface area contributed by atoms with Crippen molar-refractivity contribution in [2.24, 2.45) is 5.73 Å². The molecule has 0 radical (unpaired) electrons. The molecule has 0 bridgehead atoms. The van der Waals surface area contributed by atoms with Crippen molar-refractivity contribution in [3.8, 4) is 0 Å². The van der Waals surface area contributed by atoms with E-state index in [9.17, 15) is 9.59 Å². The summed E-state index contributed by atoms with van der Waals surface area (Å²) in [6.07, 6.45) is 3.75. The van der Waals surface area contributed by atoms with Crippen LogP contribution in [0.25, 0.3) is 0 Å². The Balaban J connectivity index is 2.09. The van der Waals surface area contributed by atoms with Crippen molar-refractivity contribution in [3.05, 3.63) is 53.9 Å². The predicted molar refractivity (Wildman–Crippen MR) is 68.1 cm³/mol. The summed E-state index contributed by atoms with van der Waals surface area (Å²) in [5.74, 6) is -0.754. The summed E-state index contributed by atoms with van der Waals surface area (Å²) in [6, 6.07) is 8.48. The van der Waals surface area contributed by atoms with Crippen LogP contribution in [0.5, 0.6) is 0 Å². The monoisotopic (exact) mass is 243 g/mol. The number of benzene rings is 1. The van der Waals surface area contributed by atoms with Gasteiger partial charge in [-0.2, -0.15) is 0 Å². The van der Waals surface area contributed by atoms with Crippen LogP contribution in [0, 0.1) is 0 Å². The molecule has 0 aliphatic heterocycles. The van der Waals surface area contributed by atoms with Crippen molar-refractivity contribution in [1.29, 1.82) is 0 Å². The highest BCUT2D eigenvalue weighted by molar-refractivity contribution is 6.03. The topological polar surface area (TPSA) is 88.0 Å². The molecule has 1 aromatic carbocycles. The van der Waals surface area contributed by atoms with Gasteiger partial charge in [0.25, 0.3) is 5.91 Å². The maximum Gasteiger partial charge on any atom is 0.250 e. The summed E-state index contributed by atoms with van der Waals surface area (Å²) in [6.45, 7) is 0. The van der Waals surface area contributed by atoms with Gasteiger partial charge in [0.2, 0.25) is 5.91 Å². The molecule has 5 nitrogen and oxygen atoms in total. The number of nitrogens with two attached hydrogens (primary N) is 1. The highest BCUT2D eigenvalue weighted by Crippen LogP contribution is 2.14. The minimum absolute atomic E-state index is 0.191. The number of nitrogens with one attached hydrogen (secondary N) is 2. The zero-order valence-corrected chi connectivity index (χ0v) is 9.64. The Morgan fingerprint density at radius 2 is 2.00 bits per heavy atom. The first-order valence-electron chi connectivity index (χ1n) is 5.47. The van der Waals surface area contributed by atoms with Crippen LogP contribution < -0.4 is 11.1 Å². The Kier molecular flexibility index (Phi) is 3.43. The Bertz CT molecular complexity index is 561. The van der Waals surface area contributed by atoms with Crippen LogP contribution in [0.15, 0.2) is 42.7 Å². The molecular formula is C13H13N3O2. The molecule has 0 aliphatic rings. The Labute approximate surface area is 104 Å². The van der Waals surface area contributed by atoms with Crippen LogP contribution in [0.2, 0.25) is 0 Å². The van der Waals surface area contributed by atoms with Gasteiger partial charge in [0, 0.05) is 12.4 Å². The third-order valence-corrected chi connectivity index (χ3v) is 2.49. The number of amides is 2. The predicted octanol–water partition coefficient (Wildman–Crippen LogP) is 1.29. The molecular weight excluding hydrogens is 230 g/mol. The summed E-state index contributed by atoms with van der Waals surface area (Å²) < 4.78 is 0. The minimum atomic E-state index is -0.562. The van der Waals surface area contributed by atoms with Gasteiger partial charge in [0.1, 0.15) is 0 Å². The standard InChI is InChI=1S/C13H13N3O2/c14-13(18)10-3-1-2-4-11(10)16-12(17)7-9-5-6-15-8-9/h1-6,8,15H,7H2,(H2,14,18)(H,16,17).